The average Bonchev–Trinajstić information content (AvgIpc) is 2.32. The fraction of sp³-hybridized carbons (Fsp3) is 0.533. The van der Waals surface area contributed by atoms with Crippen LogP contribution in [0.3, 0.4) is 0 Å². The molecule has 1 saturated carbocycles. The van der Waals surface area contributed by atoms with E-state index in [2.05, 4.69) is 13.8 Å². The number of halogens is 2. The SMILES string of the molecule is C[C@H]1CCCC(=O)[C@]1(C)Cc1c(Cl)cccc1Cl. The van der Waals surface area contributed by atoms with Gasteiger partial charge in [0.1, 0.15) is 5.78 Å². The van der Waals surface area contributed by atoms with Gasteiger partial charge in [0.05, 0.1) is 0 Å². The third kappa shape index (κ3) is 2.44. The lowest BCUT2D eigenvalue weighted by atomic mass is 9.64. The maximum Gasteiger partial charge on any atom is 0.139 e. The highest BCUT2D eigenvalue weighted by Gasteiger charge is 2.41. The molecule has 0 unspecified atom stereocenters. The first-order valence-corrected chi connectivity index (χ1v) is 7.17. The summed E-state index contributed by atoms with van der Waals surface area (Å²) < 4.78 is 0. The number of ketones is 1. The van der Waals surface area contributed by atoms with E-state index >= 15 is 0 Å². The van der Waals surface area contributed by atoms with Crippen LogP contribution in [-0.4, -0.2) is 5.78 Å². The number of carbonyl (C=O) groups excluding carboxylic acids is 1. The van der Waals surface area contributed by atoms with Gasteiger partial charge in [0.2, 0.25) is 0 Å². The zero-order chi connectivity index (χ0) is 13.3. The standard InChI is InChI=1S/C15H18Cl2O/c1-10-5-3-8-14(18)15(10,2)9-11-12(16)6-4-7-13(11)17/h4,6-7,10H,3,5,8-9H2,1-2H3/t10-,15+/m0/s1. The Bertz CT molecular complexity index is 449. The third-order valence-electron chi connectivity index (χ3n) is 4.37. The van der Waals surface area contributed by atoms with Crippen molar-refractivity contribution in [3.05, 3.63) is 33.8 Å². The van der Waals surface area contributed by atoms with Gasteiger partial charge in [-0.2, -0.15) is 0 Å². The molecule has 1 nitrogen and oxygen atoms in total. The van der Waals surface area contributed by atoms with Gasteiger partial charge in [-0.1, -0.05) is 43.1 Å². The Morgan fingerprint density at radius 2 is 1.94 bits per heavy atom. The van der Waals surface area contributed by atoms with Crippen molar-refractivity contribution in [1.82, 2.24) is 0 Å². The number of hydrogen-bond acceptors (Lipinski definition) is 1. The first-order valence-electron chi connectivity index (χ1n) is 6.41. The van der Waals surface area contributed by atoms with Crippen molar-refractivity contribution in [3.63, 3.8) is 0 Å². The number of rotatable bonds is 2. The summed E-state index contributed by atoms with van der Waals surface area (Å²) in [6.45, 7) is 4.21. The van der Waals surface area contributed by atoms with Gasteiger partial charge >= 0.3 is 0 Å². The van der Waals surface area contributed by atoms with Crippen LogP contribution in [0, 0.1) is 11.3 Å². The molecule has 0 heterocycles. The average molecular weight is 285 g/mol. The van der Waals surface area contributed by atoms with Crippen LogP contribution in [0.2, 0.25) is 10.0 Å². The van der Waals surface area contributed by atoms with Crippen LogP contribution in [-0.2, 0) is 11.2 Å². The van der Waals surface area contributed by atoms with E-state index in [1.165, 1.54) is 0 Å². The number of carbonyl (C=O) groups is 1. The second-order valence-electron chi connectivity index (χ2n) is 5.51. The van der Waals surface area contributed by atoms with E-state index in [-0.39, 0.29) is 5.41 Å². The highest BCUT2D eigenvalue weighted by Crippen LogP contribution is 2.43. The van der Waals surface area contributed by atoms with Gasteiger partial charge in [-0.05, 0) is 42.9 Å². The first kappa shape index (κ1) is 13.9. The molecule has 0 bridgehead atoms. The molecule has 0 aromatic heterocycles. The van der Waals surface area contributed by atoms with Crippen LogP contribution < -0.4 is 0 Å². The van der Waals surface area contributed by atoms with Gasteiger partial charge in [-0.15, -0.1) is 0 Å². The molecule has 1 aromatic rings. The highest BCUT2D eigenvalue weighted by atomic mass is 35.5. The molecule has 2 atom stereocenters. The molecule has 1 aromatic carbocycles. The monoisotopic (exact) mass is 284 g/mol. The van der Waals surface area contributed by atoms with Gasteiger partial charge < -0.3 is 0 Å². The smallest absolute Gasteiger partial charge is 0.139 e. The van der Waals surface area contributed by atoms with Crippen molar-refractivity contribution >= 4 is 29.0 Å². The van der Waals surface area contributed by atoms with Crippen molar-refractivity contribution in [3.8, 4) is 0 Å². The maximum absolute atomic E-state index is 12.3. The predicted molar refractivity (Wildman–Crippen MR) is 76.3 cm³/mol. The summed E-state index contributed by atoms with van der Waals surface area (Å²) in [5.74, 6) is 0.725. The van der Waals surface area contributed by atoms with Crippen molar-refractivity contribution in [2.24, 2.45) is 11.3 Å². The van der Waals surface area contributed by atoms with Crippen LogP contribution in [0.1, 0.15) is 38.7 Å². The molecule has 0 spiro atoms. The van der Waals surface area contributed by atoms with E-state index in [9.17, 15) is 4.79 Å². The van der Waals surface area contributed by atoms with Crippen molar-refractivity contribution < 1.29 is 4.79 Å². The molecule has 1 aliphatic rings. The molecule has 18 heavy (non-hydrogen) atoms. The van der Waals surface area contributed by atoms with Crippen LogP contribution >= 0.6 is 23.2 Å². The summed E-state index contributed by atoms with van der Waals surface area (Å²) in [5.41, 5.74) is 0.581. The van der Waals surface area contributed by atoms with E-state index in [4.69, 9.17) is 23.2 Å². The Hall–Kier alpha value is -0.530. The third-order valence-corrected chi connectivity index (χ3v) is 5.08. The fourth-order valence-electron chi connectivity index (χ4n) is 2.79. The van der Waals surface area contributed by atoms with Crippen LogP contribution in [0.15, 0.2) is 18.2 Å². The maximum atomic E-state index is 12.3. The number of Topliss-reactive ketones (excluding diaryl/α,β-unsaturated/α-hetero) is 1. The lowest BCUT2D eigenvalue weighted by Gasteiger charge is -2.38. The molecular weight excluding hydrogens is 267 g/mol. The zero-order valence-corrected chi connectivity index (χ0v) is 12.3. The topological polar surface area (TPSA) is 17.1 Å². The van der Waals surface area contributed by atoms with Crippen LogP contribution in [0.25, 0.3) is 0 Å². The van der Waals surface area contributed by atoms with Crippen LogP contribution in [0.4, 0.5) is 0 Å². The Kier molecular flexibility index (Phi) is 4.03. The minimum atomic E-state index is -0.327. The Morgan fingerprint density at radius 3 is 2.50 bits per heavy atom. The Balaban J connectivity index is 2.34. The second-order valence-corrected chi connectivity index (χ2v) is 6.33. The molecule has 0 amide bonds. The lowest BCUT2D eigenvalue weighted by Crippen LogP contribution is -2.40. The van der Waals surface area contributed by atoms with Crippen molar-refractivity contribution in [2.45, 2.75) is 39.5 Å². The van der Waals surface area contributed by atoms with Crippen LogP contribution in [0.5, 0.6) is 0 Å². The van der Waals surface area contributed by atoms with Gasteiger partial charge in [0.25, 0.3) is 0 Å². The quantitative estimate of drug-likeness (QED) is 0.752. The molecule has 98 valence electrons. The normalized spacial score (nSPS) is 28.4. The summed E-state index contributed by atoms with van der Waals surface area (Å²) in [6.07, 6.45) is 3.44. The minimum absolute atomic E-state index is 0.327. The molecular formula is C15H18Cl2O. The highest BCUT2D eigenvalue weighted by molar-refractivity contribution is 6.36. The Morgan fingerprint density at radius 1 is 1.33 bits per heavy atom. The van der Waals surface area contributed by atoms with E-state index in [0.29, 0.717) is 34.6 Å². The fourth-order valence-corrected chi connectivity index (χ4v) is 3.32. The molecule has 2 rings (SSSR count). The summed E-state index contributed by atoms with van der Waals surface area (Å²) in [6, 6.07) is 5.51. The number of hydrogen-bond donors (Lipinski definition) is 0. The van der Waals surface area contributed by atoms with Gasteiger partial charge in [-0.3, -0.25) is 4.79 Å². The van der Waals surface area contributed by atoms with E-state index in [1.807, 2.05) is 18.2 Å². The minimum Gasteiger partial charge on any atom is -0.299 e. The van der Waals surface area contributed by atoms with Gasteiger partial charge in [0, 0.05) is 21.9 Å². The largest absolute Gasteiger partial charge is 0.299 e. The lowest BCUT2D eigenvalue weighted by molar-refractivity contribution is -0.133. The summed E-state index contributed by atoms with van der Waals surface area (Å²) in [4.78, 5) is 12.3. The molecule has 1 fully saturated rings. The zero-order valence-electron chi connectivity index (χ0n) is 10.8. The molecule has 1 aliphatic carbocycles. The van der Waals surface area contributed by atoms with Gasteiger partial charge in [-0.25, -0.2) is 0 Å². The predicted octanol–water partition coefficient (Wildman–Crippen LogP) is 4.93. The summed E-state index contributed by atoms with van der Waals surface area (Å²) in [5, 5.41) is 1.32. The Labute approximate surface area is 118 Å². The molecule has 3 heteroatoms. The molecule has 0 saturated heterocycles. The molecule has 0 N–H and O–H groups in total. The van der Waals surface area contributed by atoms with Crippen molar-refractivity contribution in [2.75, 3.05) is 0 Å². The molecule has 0 radical (unpaired) electrons. The summed E-state index contributed by atoms with van der Waals surface area (Å²) >= 11 is 12.4. The van der Waals surface area contributed by atoms with E-state index < -0.39 is 0 Å². The first-order chi connectivity index (χ1) is 8.45. The van der Waals surface area contributed by atoms with E-state index in [1.54, 1.807) is 0 Å². The number of benzene rings is 1. The second kappa shape index (κ2) is 5.22. The summed E-state index contributed by atoms with van der Waals surface area (Å²) in [7, 11) is 0. The van der Waals surface area contributed by atoms with E-state index in [0.717, 1.165) is 18.4 Å². The molecule has 0 aliphatic heterocycles. The van der Waals surface area contributed by atoms with Gasteiger partial charge in [0.15, 0.2) is 0 Å². The van der Waals surface area contributed by atoms with Crippen molar-refractivity contribution in [1.29, 1.82) is 0 Å².